The van der Waals surface area contributed by atoms with E-state index in [1.807, 2.05) is 71.9 Å². The fourth-order valence-electron chi connectivity index (χ4n) is 6.39. The van der Waals surface area contributed by atoms with Crippen molar-refractivity contribution in [3.8, 4) is 0 Å². The molecule has 3 fully saturated rings. The van der Waals surface area contributed by atoms with Crippen LogP contribution in [0.3, 0.4) is 0 Å². The fourth-order valence-corrected chi connectivity index (χ4v) is 8.55. The Morgan fingerprint density at radius 1 is 1.02 bits per heavy atom. The minimum atomic E-state index is -0.913. The Morgan fingerprint density at radius 3 is 2.36 bits per heavy atom. The number of ether oxygens (including phenoxy) is 1. The van der Waals surface area contributed by atoms with Crippen LogP contribution in [-0.4, -0.2) is 98.7 Å². The first-order valence-corrected chi connectivity index (χ1v) is 18.1. The lowest BCUT2D eigenvalue weighted by atomic mass is 9.72. The topological polar surface area (TPSA) is 111 Å². The van der Waals surface area contributed by atoms with Gasteiger partial charge in [0.25, 0.3) is 0 Å². The number of piperidine rings is 1. The number of hydrogen-bond acceptors (Lipinski definition) is 8. The molecule has 1 aromatic carbocycles. The molecule has 11 heteroatoms. The lowest BCUT2D eigenvalue weighted by Crippen LogP contribution is -2.61. The van der Waals surface area contributed by atoms with Gasteiger partial charge < -0.3 is 20.5 Å². The van der Waals surface area contributed by atoms with Crippen LogP contribution in [0.15, 0.2) is 35.2 Å². The number of rotatable bonds is 9. The van der Waals surface area contributed by atoms with Gasteiger partial charge in [-0.1, -0.05) is 37.5 Å². The molecule has 44 heavy (non-hydrogen) atoms. The summed E-state index contributed by atoms with van der Waals surface area (Å²) in [5, 5.41) is 18.1. The first-order valence-electron chi connectivity index (χ1n) is 16.0. The Bertz CT molecular complexity index is 1130. The van der Waals surface area contributed by atoms with Gasteiger partial charge in [0.05, 0.1) is 24.1 Å². The molecule has 0 unspecified atom stereocenters. The molecule has 2 heterocycles. The lowest BCUT2D eigenvalue weighted by molar-refractivity contribution is -0.133. The highest BCUT2D eigenvalue weighted by molar-refractivity contribution is 7.99. The van der Waals surface area contributed by atoms with Crippen LogP contribution in [0, 0.1) is 11.8 Å². The number of β-amino-alcohol motifs (C(OH)–C–C–N with tert-alkyl or cyclic N) is 1. The van der Waals surface area contributed by atoms with Gasteiger partial charge in [-0.25, -0.2) is 4.79 Å². The van der Waals surface area contributed by atoms with Crippen molar-refractivity contribution in [1.29, 1.82) is 0 Å². The van der Waals surface area contributed by atoms with Crippen molar-refractivity contribution in [3.63, 3.8) is 0 Å². The second-order valence-corrected chi connectivity index (χ2v) is 16.6. The van der Waals surface area contributed by atoms with Crippen molar-refractivity contribution in [2.45, 2.75) is 114 Å². The molecule has 9 nitrogen and oxygen atoms in total. The van der Waals surface area contributed by atoms with E-state index in [9.17, 15) is 19.5 Å². The molecule has 1 saturated carbocycles. The highest BCUT2D eigenvalue weighted by Gasteiger charge is 2.43. The minimum absolute atomic E-state index is 0.00366. The molecule has 0 aromatic heterocycles. The molecular weight excluding hydrogens is 597 g/mol. The predicted octanol–water partition coefficient (Wildman–Crippen LogP) is 4.73. The number of hydrogen-bond donors (Lipinski definition) is 3. The molecule has 1 aromatic rings. The standard InChI is InChI=1S/C33H52N4O5S2/c1-32(2,3)35-30(40)26-16-22-12-10-11-13-23(22)17-36(26)18-28(38)25(19-44-24-14-8-7-9-15-24)34-29(39)27-20-43-21-37(27)31(41)42-33(4,5)6/h7-9,14-15,22-23,25-28,38H,10-13,16-21H2,1-6H3,(H,34,39)(H,35,40)/t22-,23+,25-,26-,27-,28+/m0/s1. The first-order chi connectivity index (χ1) is 20.7. The van der Waals surface area contributed by atoms with Gasteiger partial charge in [-0.3, -0.25) is 19.4 Å². The van der Waals surface area contributed by atoms with Crippen molar-refractivity contribution in [3.05, 3.63) is 30.3 Å². The minimum Gasteiger partial charge on any atom is -0.444 e. The average Bonchev–Trinajstić information content (AvgIpc) is 3.44. The zero-order valence-corrected chi connectivity index (χ0v) is 28.8. The van der Waals surface area contributed by atoms with E-state index in [2.05, 4.69) is 15.5 Å². The number of aliphatic hydroxyl groups excluding tert-OH is 1. The number of benzene rings is 1. The maximum atomic E-state index is 13.7. The molecule has 3 N–H and O–H groups in total. The molecule has 4 rings (SSSR count). The van der Waals surface area contributed by atoms with E-state index in [1.54, 1.807) is 11.8 Å². The summed E-state index contributed by atoms with van der Waals surface area (Å²) in [4.78, 5) is 44.8. The van der Waals surface area contributed by atoms with E-state index < -0.39 is 29.9 Å². The van der Waals surface area contributed by atoms with Gasteiger partial charge in [0, 0.05) is 35.0 Å². The highest BCUT2D eigenvalue weighted by atomic mass is 32.2. The Morgan fingerprint density at radius 2 is 1.70 bits per heavy atom. The number of nitrogens with zero attached hydrogens (tertiary/aromatic N) is 2. The summed E-state index contributed by atoms with van der Waals surface area (Å²) in [6.07, 6.45) is 4.08. The molecular formula is C33H52N4O5S2. The van der Waals surface area contributed by atoms with Crippen LogP contribution in [0.1, 0.15) is 73.6 Å². The van der Waals surface area contributed by atoms with Crippen LogP contribution in [0.5, 0.6) is 0 Å². The number of thioether (sulfide) groups is 2. The summed E-state index contributed by atoms with van der Waals surface area (Å²) in [5.74, 6) is 2.02. The Hall–Kier alpha value is -1.95. The summed E-state index contributed by atoms with van der Waals surface area (Å²) < 4.78 is 5.57. The van der Waals surface area contributed by atoms with Gasteiger partial charge in [0.15, 0.2) is 0 Å². The smallest absolute Gasteiger partial charge is 0.411 e. The summed E-state index contributed by atoms with van der Waals surface area (Å²) in [6.45, 7) is 12.4. The van der Waals surface area contributed by atoms with Crippen LogP contribution in [0.2, 0.25) is 0 Å². The number of carbonyl (C=O) groups is 3. The molecule has 3 aliphatic rings. The highest BCUT2D eigenvalue weighted by Crippen LogP contribution is 2.39. The van der Waals surface area contributed by atoms with Crippen LogP contribution >= 0.6 is 23.5 Å². The maximum Gasteiger partial charge on any atom is 0.411 e. The number of aliphatic hydroxyl groups is 1. The molecule has 2 saturated heterocycles. The van der Waals surface area contributed by atoms with Gasteiger partial charge in [0.1, 0.15) is 11.6 Å². The van der Waals surface area contributed by atoms with Crippen LogP contribution in [0.4, 0.5) is 4.79 Å². The van der Waals surface area contributed by atoms with E-state index in [1.165, 1.54) is 29.5 Å². The van der Waals surface area contributed by atoms with E-state index in [0.29, 0.717) is 29.2 Å². The largest absolute Gasteiger partial charge is 0.444 e. The van der Waals surface area contributed by atoms with Crippen LogP contribution in [0.25, 0.3) is 0 Å². The van der Waals surface area contributed by atoms with Gasteiger partial charge in [-0.2, -0.15) is 0 Å². The summed E-state index contributed by atoms with van der Waals surface area (Å²) in [6, 6.07) is 8.31. The third kappa shape index (κ3) is 10.0. The van der Waals surface area contributed by atoms with E-state index in [0.717, 1.165) is 30.7 Å². The van der Waals surface area contributed by atoms with Gasteiger partial charge >= 0.3 is 6.09 Å². The van der Waals surface area contributed by atoms with E-state index in [-0.39, 0.29) is 29.9 Å². The van der Waals surface area contributed by atoms with E-state index in [4.69, 9.17) is 4.74 Å². The van der Waals surface area contributed by atoms with Crippen molar-refractivity contribution in [2.24, 2.45) is 11.8 Å². The third-order valence-electron chi connectivity index (χ3n) is 8.50. The molecule has 1 aliphatic carbocycles. The average molecular weight is 649 g/mol. The third-order valence-corrected chi connectivity index (χ3v) is 10.6. The normalized spacial score (nSPS) is 25.9. The Balaban J connectivity index is 1.51. The number of likely N-dealkylation sites (tertiary alicyclic amines) is 1. The monoisotopic (exact) mass is 648 g/mol. The lowest BCUT2D eigenvalue weighted by Gasteiger charge is -2.47. The van der Waals surface area contributed by atoms with Crippen molar-refractivity contribution < 1.29 is 24.2 Å². The zero-order chi connectivity index (χ0) is 32.1. The molecule has 6 atom stereocenters. The first kappa shape index (κ1) is 34.9. The molecule has 2 aliphatic heterocycles. The summed E-state index contributed by atoms with van der Waals surface area (Å²) in [5.41, 5.74) is -1.02. The van der Waals surface area contributed by atoms with Crippen LogP contribution in [-0.2, 0) is 14.3 Å². The van der Waals surface area contributed by atoms with Crippen molar-refractivity contribution >= 4 is 41.4 Å². The predicted molar refractivity (Wildman–Crippen MR) is 178 cm³/mol. The van der Waals surface area contributed by atoms with Gasteiger partial charge in [-0.15, -0.1) is 23.5 Å². The molecule has 246 valence electrons. The Labute approximate surface area is 272 Å². The number of nitrogens with one attached hydrogen (secondary N) is 2. The molecule has 0 spiro atoms. The Kier molecular flexibility index (Phi) is 12.0. The molecule has 0 bridgehead atoms. The number of amides is 3. The number of carbonyl (C=O) groups excluding carboxylic acids is 3. The van der Waals surface area contributed by atoms with Gasteiger partial charge in [0.2, 0.25) is 11.8 Å². The van der Waals surface area contributed by atoms with Crippen molar-refractivity contribution in [2.75, 3.05) is 30.5 Å². The second kappa shape index (κ2) is 15.1. The fraction of sp³-hybridized carbons (Fsp3) is 0.727. The SMILES string of the molecule is CC(C)(C)NC(=O)[C@@H]1C[C@@H]2CCCC[C@@H]2CN1C[C@@H](O)[C@H](CSc1ccccc1)NC(=O)[C@@H]1CSCN1C(=O)OC(C)(C)C. The zero-order valence-electron chi connectivity index (χ0n) is 27.2. The van der Waals surface area contributed by atoms with Gasteiger partial charge in [-0.05, 0) is 78.4 Å². The second-order valence-electron chi connectivity index (χ2n) is 14.5. The molecule has 0 radical (unpaired) electrons. The maximum absolute atomic E-state index is 13.7. The molecule has 3 amide bonds. The van der Waals surface area contributed by atoms with Crippen molar-refractivity contribution in [1.82, 2.24) is 20.4 Å². The number of fused-ring (bicyclic) bond motifs is 1. The quantitative estimate of drug-likeness (QED) is 0.330. The van der Waals surface area contributed by atoms with Crippen LogP contribution < -0.4 is 10.6 Å². The summed E-state index contributed by atoms with van der Waals surface area (Å²) >= 11 is 3.08. The van der Waals surface area contributed by atoms with E-state index >= 15 is 0 Å². The summed E-state index contributed by atoms with van der Waals surface area (Å²) in [7, 11) is 0.